The van der Waals surface area contributed by atoms with Crippen molar-refractivity contribution in [3.05, 3.63) is 6.20 Å². The highest BCUT2D eigenvalue weighted by Crippen LogP contribution is 2.29. The van der Waals surface area contributed by atoms with E-state index in [0.717, 1.165) is 88.2 Å². The van der Waals surface area contributed by atoms with Gasteiger partial charge in [-0.25, -0.2) is 4.68 Å². The number of aromatic nitrogens is 3. The molecule has 1 fully saturated rings. The van der Waals surface area contributed by atoms with E-state index in [1.54, 1.807) is 0 Å². The number of nitrogens with zero attached hydrogens (tertiary/aromatic N) is 3. The second kappa shape index (κ2) is 27.7. The topological polar surface area (TPSA) is 211 Å². The Morgan fingerprint density at radius 2 is 1.42 bits per heavy atom. The van der Waals surface area contributed by atoms with Crippen LogP contribution in [-0.2, 0) is 33.4 Å². The molecule has 0 saturated carbocycles. The van der Waals surface area contributed by atoms with Crippen LogP contribution in [0.1, 0.15) is 143 Å². The first kappa shape index (κ1) is 46.4. The molecule has 0 aromatic carbocycles. The Balaban J connectivity index is 2.06. The molecule has 1 saturated heterocycles. The van der Waals surface area contributed by atoms with E-state index in [1.165, 1.54) is 18.0 Å². The maximum atomic E-state index is 13.5. The lowest BCUT2D eigenvalue weighted by Gasteiger charge is -2.21. The van der Waals surface area contributed by atoms with Gasteiger partial charge in [0, 0.05) is 30.8 Å². The molecule has 304 valence electrons. The van der Waals surface area contributed by atoms with E-state index in [2.05, 4.69) is 41.7 Å². The predicted molar refractivity (Wildman–Crippen MR) is 202 cm³/mol. The molecule has 15 nitrogen and oxygen atoms in total. The Kier molecular flexibility index (Phi) is 24.3. The van der Waals surface area contributed by atoms with Crippen LogP contribution in [0.2, 0.25) is 0 Å². The minimum Gasteiger partial charge on any atom is -0.462 e. The van der Waals surface area contributed by atoms with Crippen molar-refractivity contribution in [1.29, 1.82) is 0 Å². The van der Waals surface area contributed by atoms with E-state index in [4.69, 9.17) is 14.2 Å². The molecule has 2 rings (SSSR count). The molecular weight excluding hydrogens is 706 g/mol. The first-order chi connectivity index (χ1) is 25.6. The van der Waals surface area contributed by atoms with Crippen molar-refractivity contribution in [2.24, 2.45) is 0 Å². The van der Waals surface area contributed by atoms with Crippen molar-refractivity contribution in [3.8, 4) is 0 Å². The van der Waals surface area contributed by atoms with Crippen molar-refractivity contribution in [1.82, 2.24) is 20.3 Å². The maximum Gasteiger partial charge on any atom is 0.306 e. The summed E-state index contributed by atoms with van der Waals surface area (Å²) < 4.78 is 17.9. The molecule has 1 aromatic heterocycles. The number of hydrogen-bond acceptors (Lipinski definition) is 13. The van der Waals surface area contributed by atoms with Crippen LogP contribution in [-0.4, -0.2) is 109 Å². The quantitative estimate of drug-likeness (QED) is 0.0536. The first-order valence-electron chi connectivity index (χ1n) is 19.7. The molecular formula is C37H65N5O10S. The van der Waals surface area contributed by atoms with E-state index in [1.807, 2.05) is 0 Å². The van der Waals surface area contributed by atoms with Crippen molar-refractivity contribution in [2.45, 2.75) is 173 Å². The Bertz CT molecular complexity index is 1190. The maximum absolute atomic E-state index is 13.5. The number of aliphatic hydroxyl groups excluding tert-OH is 3. The average molecular weight is 772 g/mol. The number of nitrogens with one attached hydrogen (secondary N) is 2. The van der Waals surface area contributed by atoms with Crippen LogP contribution in [0.4, 0.5) is 5.82 Å². The fourth-order valence-corrected chi connectivity index (χ4v) is 6.82. The molecule has 1 aliphatic heterocycles. The number of unbranched alkanes of at least 4 members (excludes halogenated alkanes) is 12. The van der Waals surface area contributed by atoms with E-state index in [-0.39, 0.29) is 54.6 Å². The van der Waals surface area contributed by atoms with Gasteiger partial charge in [-0.15, -0.1) is 5.10 Å². The molecule has 1 unspecified atom stereocenters. The van der Waals surface area contributed by atoms with Crippen LogP contribution >= 0.6 is 11.8 Å². The van der Waals surface area contributed by atoms with Gasteiger partial charge < -0.3 is 40.2 Å². The molecule has 16 heteroatoms. The fraction of sp³-hybridized carbons (Fsp3) is 0.838. The predicted octanol–water partition coefficient (Wildman–Crippen LogP) is 4.58. The number of carbonyl (C=O) groups is 4. The minimum atomic E-state index is -1.38. The summed E-state index contributed by atoms with van der Waals surface area (Å²) in [7, 11) is 0. The Morgan fingerprint density at radius 3 is 2.00 bits per heavy atom. The smallest absolute Gasteiger partial charge is 0.306 e. The molecule has 5 N–H and O–H groups in total. The summed E-state index contributed by atoms with van der Waals surface area (Å²) in [6, 6.07) is -0.997. The molecule has 0 bridgehead atoms. The number of amides is 2. The van der Waals surface area contributed by atoms with Crippen molar-refractivity contribution in [2.75, 3.05) is 30.0 Å². The third kappa shape index (κ3) is 18.9. The highest BCUT2D eigenvalue weighted by Gasteiger charge is 2.44. The summed E-state index contributed by atoms with van der Waals surface area (Å²) in [6.45, 7) is 5.76. The lowest BCUT2D eigenvalue weighted by atomic mass is 10.1. The van der Waals surface area contributed by atoms with Crippen molar-refractivity contribution in [3.63, 3.8) is 0 Å². The number of ether oxygens (including phenoxy) is 3. The number of esters is 2. The van der Waals surface area contributed by atoms with Gasteiger partial charge in [0.05, 0.1) is 12.8 Å². The summed E-state index contributed by atoms with van der Waals surface area (Å²) in [6.07, 6.45) is 11.2. The fourth-order valence-electron chi connectivity index (χ4n) is 5.79. The minimum absolute atomic E-state index is 0.0175. The van der Waals surface area contributed by atoms with E-state index in [9.17, 15) is 34.5 Å². The van der Waals surface area contributed by atoms with Crippen LogP contribution in [0, 0.1) is 0 Å². The van der Waals surface area contributed by atoms with Gasteiger partial charge >= 0.3 is 11.9 Å². The summed E-state index contributed by atoms with van der Waals surface area (Å²) in [5.41, 5.74) is 0. The third-order valence-corrected chi connectivity index (χ3v) is 10.2. The molecule has 1 aromatic rings. The Morgan fingerprint density at radius 1 is 0.830 bits per heavy atom. The zero-order valence-electron chi connectivity index (χ0n) is 32.0. The molecule has 1 aliphatic rings. The van der Waals surface area contributed by atoms with Crippen LogP contribution in [0.25, 0.3) is 0 Å². The summed E-state index contributed by atoms with van der Waals surface area (Å²) in [5.74, 6) is -1.21. The van der Waals surface area contributed by atoms with Crippen LogP contribution in [0.15, 0.2) is 6.20 Å². The number of thioether (sulfide) groups is 1. The number of aliphatic hydroxyl groups is 3. The van der Waals surface area contributed by atoms with Crippen LogP contribution in [0.3, 0.4) is 0 Å². The zero-order chi connectivity index (χ0) is 38.8. The molecule has 53 heavy (non-hydrogen) atoms. The summed E-state index contributed by atoms with van der Waals surface area (Å²) >= 11 is 1.28. The van der Waals surface area contributed by atoms with Gasteiger partial charge in [-0.1, -0.05) is 103 Å². The molecule has 0 aliphatic carbocycles. The normalized spacial score (nSPS) is 19.4. The van der Waals surface area contributed by atoms with Gasteiger partial charge in [-0.3, -0.25) is 19.2 Å². The summed E-state index contributed by atoms with van der Waals surface area (Å²) in [5, 5.41) is 43.1. The monoisotopic (exact) mass is 771 g/mol. The number of hydrogen-bond donors (Lipinski definition) is 5. The Hall–Kier alpha value is -2.79. The van der Waals surface area contributed by atoms with Gasteiger partial charge in [-0.05, 0) is 19.3 Å². The molecule has 0 radical (unpaired) electrons. The van der Waals surface area contributed by atoms with Crippen LogP contribution < -0.4 is 10.6 Å². The lowest BCUT2D eigenvalue weighted by Crippen LogP contribution is -2.45. The standard InChI is InChI=1S/C37H65N5O10S/c1-4-7-10-13-16-19-31(44)38-28(36(49)39-30-22-42(41-40-30)37-35(48)34(47)29(23-43)52-37)26-53-25-27(51-33(46)21-18-15-12-9-6-3)24-50-32(45)20-17-14-11-8-5-2/h22,27-29,34-35,37,43,47-48H,4-21,23-26H2,1-3H3,(H,38,44)(H,39,49)/t27-,28-,29?,34-,35-,37+/m1/s1. The molecule has 2 heterocycles. The summed E-state index contributed by atoms with van der Waals surface area (Å²) in [4.78, 5) is 51.6. The number of anilines is 1. The second-order valence-corrected chi connectivity index (χ2v) is 14.8. The van der Waals surface area contributed by atoms with Gasteiger partial charge in [0.25, 0.3) is 0 Å². The van der Waals surface area contributed by atoms with Gasteiger partial charge in [0.15, 0.2) is 12.0 Å². The Labute approximate surface area is 319 Å². The van der Waals surface area contributed by atoms with E-state index in [0.29, 0.717) is 19.3 Å². The van der Waals surface area contributed by atoms with Gasteiger partial charge in [0.1, 0.15) is 37.1 Å². The molecule has 6 atom stereocenters. The van der Waals surface area contributed by atoms with Crippen molar-refractivity contribution >= 4 is 41.3 Å². The highest BCUT2D eigenvalue weighted by molar-refractivity contribution is 7.99. The molecule has 0 spiro atoms. The largest absolute Gasteiger partial charge is 0.462 e. The van der Waals surface area contributed by atoms with Crippen molar-refractivity contribution < 1.29 is 48.7 Å². The van der Waals surface area contributed by atoms with Gasteiger partial charge in [0.2, 0.25) is 11.8 Å². The lowest BCUT2D eigenvalue weighted by molar-refractivity contribution is -0.157. The average Bonchev–Trinajstić information content (AvgIpc) is 3.72. The first-order valence-corrected chi connectivity index (χ1v) is 20.9. The van der Waals surface area contributed by atoms with E-state index >= 15 is 0 Å². The highest BCUT2D eigenvalue weighted by atomic mass is 32.2. The number of rotatable bonds is 30. The van der Waals surface area contributed by atoms with Crippen LogP contribution in [0.5, 0.6) is 0 Å². The molecule has 2 amide bonds. The van der Waals surface area contributed by atoms with E-state index < -0.39 is 49.2 Å². The van der Waals surface area contributed by atoms with Gasteiger partial charge in [-0.2, -0.15) is 11.8 Å². The zero-order valence-corrected chi connectivity index (χ0v) is 32.9. The second-order valence-electron chi connectivity index (χ2n) is 13.7. The third-order valence-electron chi connectivity index (χ3n) is 8.98. The number of carbonyl (C=O) groups excluding carboxylic acids is 4. The SMILES string of the molecule is CCCCCCCC(=O)N[C@H](CSC[C@@H](COC(=O)CCCCCCC)OC(=O)CCCCCCC)C(=O)Nc1cn([C@H]2OC(CO)[C@@H](O)[C@H]2O)nn1.